The molecule has 1 amide bonds. The van der Waals surface area contributed by atoms with Crippen molar-refractivity contribution in [3.05, 3.63) is 35.9 Å². The molecule has 0 unspecified atom stereocenters. The lowest BCUT2D eigenvalue weighted by Gasteiger charge is -2.47. The number of benzene rings is 1. The highest BCUT2D eigenvalue weighted by atomic mass is 16.5. The first kappa shape index (κ1) is 23.5. The summed E-state index contributed by atoms with van der Waals surface area (Å²) in [6, 6.07) is 9.34. The predicted octanol–water partition coefficient (Wildman–Crippen LogP) is 2.40. The molecule has 1 aliphatic carbocycles. The lowest BCUT2D eigenvalue weighted by molar-refractivity contribution is -0.0333. The molecule has 7 heteroatoms. The van der Waals surface area contributed by atoms with E-state index in [-0.39, 0.29) is 11.4 Å². The van der Waals surface area contributed by atoms with Crippen LogP contribution in [0.1, 0.15) is 55.8 Å². The Morgan fingerprint density at radius 3 is 2.45 bits per heavy atom. The molecule has 1 aliphatic heterocycles. The van der Waals surface area contributed by atoms with Crippen LogP contribution in [0.2, 0.25) is 0 Å². The number of amides is 1. The second kappa shape index (κ2) is 12.7. The van der Waals surface area contributed by atoms with Crippen LogP contribution < -0.4 is 16.0 Å². The minimum atomic E-state index is -0.0223. The van der Waals surface area contributed by atoms with Crippen molar-refractivity contribution in [3.63, 3.8) is 0 Å². The Morgan fingerprint density at radius 1 is 1.03 bits per heavy atom. The SMILES string of the molecule is CCNC(=NCC1(N2CCOCC2)CCCCC1)NCCCNC(=O)c1ccccc1. The van der Waals surface area contributed by atoms with Gasteiger partial charge in [-0.25, -0.2) is 0 Å². The summed E-state index contributed by atoms with van der Waals surface area (Å²) in [6.07, 6.45) is 7.21. The minimum absolute atomic E-state index is 0.0223. The Labute approximate surface area is 187 Å². The van der Waals surface area contributed by atoms with Crippen LogP contribution in [0.5, 0.6) is 0 Å². The van der Waals surface area contributed by atoms with Crippen LogP contribution in [-0.4, -0.2) is 74.8 Å². The quantitative estimate of drug-likeness (QED) is 0.319. The van der Waals surface area contributed by atoms with E-state index in [2.05, 4.69) is 27.8 Å². The molecule has 2 fully saturated rings. The Morgan fingerprint density at radius 2 is 1.74 bits per heavy atom. The third-order valence-electron chi connectivity index (χ3n) is 6.31. The molecular formula is C24H39N5O2. The van der Waals surface area contributed by atoms with Crippen LogP contribution in [0, 0.1) is 0 Å². The van der Waals surface area contributed by atoms with Gasteiger partial charge in [-0.15, -0.1) is 0 Å². The standard InChI is InChI=1S/C24H39N5O2/c1-2-25-23(27-15-9-14-26-22(30)21-10-5-3-6-11-21)28-20-24(12-7-4-8-13-24)29-16-18-31-19-17-29/h3,5-6,10-11H,2,4,7-9,12-20H2,1H3,(H,26,30)(H2,25,27,28). The summed E-state index contributed by atoms with van der Waals surface area (Å²) in [5.74, 6) is 0.848. The number of nitrogens with zero attached hydrogens (tertiary/aromatic N) is 2. The number of morpholine rings is 1. The number of ether oxygens (including phenoxy) is 1. The second-order valence-corrected chi connectivity index (χ2v) is 8.48. The van der Waals surface area contributed by atoms with Gasteiger partial charge in [0.2, 0.25) is 0 Å². The largest absolute Gasteiger partial charge is 0.379 e. The number of guanidine groups is 1. The molecule has 1 saturated heterocycles. The van der Waals surface area contributed by atoms with E-state index in [9.17, 15) is 4.79 Å². The molecule has 1 heterocycles. The van der Waals surface area contributed by atoms with Gasteiger partial charge in [0.15, 0.2) is 5.96 Å². The third kappa shape index (κ3) is 7.21. The summed E-state index contributed by atoms with van der Waals surface area (Å²) in [4.78, 5) is 19.7. The fraction of sp³-hybridized carbons (Fsp3) is 0.667. The number of rotatable bonds is 9. The molecule has 7 nitrogen and oxygen atoms in total. The Balaban J connectivity index is 1.47. The fourth-order valence-corrected chi connectivity index (χ4v) is 4.58. The molecule has 0 aromatic heterocycles. The minimum Gasteiger partial charge on any atom is -0.379 e. The summed E-state index contributed by atoms with van der Waals surface area (Å²) < 4.78 is 5.59. The molecule has 1 saturated carbocycles. The second-order valence-electron chi connectivity index (χ2n) is 8.48. The molecule has 1 aromatic rings. The summed E-state index contributed by atoms with van der Waals surface area (Å²) in [5.41, 5.74) is 0.875. The van der Waals surface area contributed by atoms with E-state index in [1.807, 2.05) is 30.3 Å². The number of carbonyl (C=O) groups is 1. The maximum absolute atomic E-state index is 12.1. The highest BCUT2D eigenvalue weighted by Crippen LogP contribution is 2.34. The van der Waals surface area contributed by atoms with E-state index in [0.717, 1.165) is 58.3 Å². The molecule has 31 heavy (non-hydrogen) atoms. The van der Waals surface area contributed by atoms with E-state index in [0.29, 0.717) is 12.1 Å². The van der Waals surface area contributed by atoms with E-state index in [1.165, 1.54) is 32.1 Å². The van der Waals surface area contributed by atoms with Crippen LogP contribution in [0.3, 0.4) is 0 Å². The fourth-order valence-electron chi connectivity index (χ4n) is 4.58. The zero-order valence-electron chi connectivity index (χ0n) is 19.0. The maximum atomic E-state index is 12.1. The first-order valence-electron chi connectivity index (χ1n) is 11.9. The van der Waals surface area contributed by atoms with Gasteiger partial charge < -0.3 is 20.7 Å². The average molecular weight is 430 g/mol. The van der Waals surface area contributed by atoms with Crippen molar-refractivity contribution >= 4 is 11.9 Å². The van der Waals surface area contributed by atoms with Gasteiger partial charge in [0.05, 0.1) is 19.8 Å². The van der Waals surface area contributed by atoms with Crippen molar-refractivity contribution in [2.24, 2.45) is 4.99 Å². The molecule has 0 bridgehead atoms. The molecule has 3 rings (SSSR count). The van der Waals surface area contributed by atoms with E-state index in [1.54, 1.807) is 0 Å². The zero-order valence-corrected chi connectivity index (χ0v) is 19.0. The van der Waals surface area contributed by atoms with Crippen molar-refractivity contribution in [2.45, 2.75) is 51.0 Å². The van der Waals surface area contributed by atoms with Crippen molar-refractivity contribution in [3.8, 4) is 0 Å². The third-order valence-corrected chi connectivity index (χ3v) is 6.31. The van der Waals surface area contributed by atoms with Gasteiger partial charge in [0.25, 0.3) is 5.91 Å². The number of nitrogens with one attached hydrogen (secondary N) is 3. The van der Waals surface area contributed by atoms with Gasteiger partial charge in [-0.1, -0.05) is 37.5 Å². The van der Waals surface area contributed by atoms with Gasteiger partial charge >= 0.3 is 0 Å². The normalized spacial score (nSPS) is 19.6. The van der Waals surface area contributed by atoms with Crippen LogP contribution in [0.25, 0.3) is 0 Å². The summed E-state index contributed by atoms with van der Waals surface area (Å²) in [6.45, 7) is 8.85. The van der Waals surface area contributed by atoms with Gasteiger partial charge in [-0.3, -0.25) is 14.7 Å². The molecule has 0 spiro atoms. The highest BCUT2D eigenvalue weighted by molar-refractivity contribution is 5.94. The molecule has 3 N–H and O–H groups in total. The Hall–Kier alpha value is -2.12. The lowest BCUT2D eigenvalue weighted by atomic mass is 9.80. The lowest BCUT2D eigenvalue weighted by Crippen LogP contribution is -2.56. The number of aliphatic imine (C=N–C) groups is 1. The summed E-state index contributed by atoms with van der Waals surface area (Å²) in [5, 5.41) is 9.79. The van der Waals surface area contributed by atoms with E-state index in [4.69, 9.17) is 9.73 Å². The Kier molecular flexibility index (Phi) is 9.62. The van der Waals surface area contributed by atoms with Crippen molar-refractivity contribution < 1.29 is 9.53 Å². The van der Waals surface area contributed by atoms with E-state index < -0.39 is 0 Å². The highest BCUT2D eigenvalue weighted by Gasteiger charge is 2.38. The first-order chi connectivity index (χ1) is 15.2. The van der Waals surface area contributed by atoms with Gasteiger partial charge in [0, 0.05) is 43.8 Å². The van der Waals surface area contributed by atoms with Crippen LogP contribution in [0.15, 0.2) is 35.3 Å². The number of carbonyl (C=O) groups excluding carboxylic acids is 1. The van der Waals surface area contributed by atoms with Crippen LogP contribution in [-0.2, 0) is 4.74 Å². The summed E-state index contributed by atoms with van der Waals surface area (Å²) in [7, 11) is 0. The van der Waals surface area contributed by atoms with Crippen LogP contribution in [0.4, 0.5) is 0 Å². The predicted molar refractivity (Wildman–Crippen MR) is 126 cm³/mol. The average Bonchev–Trinajstić information content (AvgIpc) is 2.84. The number of hydrogen-bond acceptors (Lipinski definition) is 4. The van der Waals surface area contributed by atoms with Crippen molar-refractivity contribution in [1.29, 1.82) is 0 Å². The number of hydrogen-bond donors (Lipinski definition) is 3. The van der Waals surface area contributed by atoms with Crippen LogP contribution >= 0.6 is 0 Å². The molecule has 0 atom stereocenters. The Bertz CT molecular complexity index is 682. The molecular weight excluding hydrogens is 390 g/mol. The maximum Gasteiger partial charge on any atom is 0.251 e. The van der Waals surface area contributed by atoms with Crippen molar-refractivity contribution in [2.75, 3.05) is 52.5 Å². The molecule has 1 aromatic carbocycles. The van der Waals surface area contributed by atoms with Crippen molar-refractivity contribution in [1.82, 2.24) is 20.9 Å². The topological polar surface area (TPSA) is 78.0 Å². The van der Waals surface area contributed by atoms with E-state index >= 15 is 0 Å². The molecule has 0 radical (unpaired) electrons. The smallest absolute Gasteiger partial charge is 0.251 e. The first-order valence-corrected chi connectivity index (χ1v) is 11.9. The molecule has 2 aliphatic rings. The van der Waals surface area contributed by atoms with Gasteiger partial charge in [0.1, 0.15) is 0 Å². The van der Waals surface area contributed by atoms with Gasteiger partial charge in [-0.05, 0) is 38.3 Å². The monoisotopic (exact) mass is 429 g/mol. The summed E-state index contributed by atoms with van der Waals surface area (Å²) >= 11 is 0. The van der Waals surface area contributed by atoms with Gasteiger partial charge in [-0.2, -0.15) is 0 Å². The molecule has 172 valence electrons. The zero-order chi connectivity index (χ0) is 21.8.